The van der Waals surface area contributed by atoms with E-state index in [1.807, 2.05) is 0 Å². The second-order valence-corrected chi connectivity index (χ2v) is 9.87. The molecule has 11 nitrogen and oxygen atoms in total. The number of esters is 2. The van der Waals surface area contributed by atoms with Crippen LogP contribution in [0.15, 0.2) is 22.3 Å². The van der Waals surface area contributed by atoms with Crippen LogP contribution in [0.3, 0.4) is 0 Å². The third-order valence-corrected chi connectivity index (χ3v) is 7.51. The van der Waals surface area contributed by atoms with Gasteiger partial charge in [0.25, 0.3) is 0 Å². The number of carbonyl (C=O) groups excluding carboxylic acids is 4. The van der Waals surface area contributed by atoms with E-state index in [0.29, 0.717) is 11.1 Å². The molecule has 2 N–H and O–H groups in total. The molecule has 0 aromatic heterocycles. The first-order valence-corrected chi connectivity index (χ1v) is 13.1. The highest BCUT2D eigenvalue weighted by Gasteiger charge is 2.52. The lowest BCUT2D eigenvalue weighted by molar-refractivity contribution is -0.139. The van der Waals surface area contributed by atoms with Crippen molar-refractivity contribution in [3.63, 3.8) is 0 Å². The summed E-state index contributed by atoms with van der Waals surface area (Å²) in [6.45, 7) is -0.394. The minimum Gasteiger partial charge on any atom is -0.466 e. The number of fused-ring (bicyclic) bond motifs is 2. The second kappa shape index (κ2) is 12.4. The van der Waals surface area contributed by atoms with Gasteiger partial charge in [-0.1, -0.05) is 38.5 Å². The van der Waals surface area contributed by atoms with Gasteiger partial charge in [-0.15, -0.1) is 0 Å². The summed E-state index contributed by atoms with van der Waals surface area (Å²) in [5.74, 6) is -1.49. The van der Waals surface area contributed by atoms with E-state index in [1.165, 1.54) is 14.2 Å². The molecule has 4 aliphatic rings. The minimum atomic E-state index is -0.978. The quantitative estimate of drug-likeness (QED) is 0.281. The third kappa shape index (κ3) is 6.26. The zero-order valence-corrected chi connectivity index (χ0v) is 21.5. The number of amides is 2. The fourth-order valence-corrected chi connectivity index (χ4v) is 5.59. The van der Waals surface area contributed by atoms with Crippen molar-refractivity contribution in [2.24, 2.45) is 0 Å². The van der Waals surface area contributed by atoms with Crippen molar-refractivity contribution in [1.82, 2.24) is 10.6 Å². The molecule has 2 amide bonds. The zero-order valence-electron chi connectivity index (χ0n) is 21.5. The van der Waals surface area contributed by atoms with Crippen molar-refractivity contribution < 1.29 is 42.9 Å². The maximum Gasteiger partial charge on any atom is 0.407 e. The van der Waals surface area contributed by atoms with Gasteiger partial charge >= 0.3 is 24.1 Å². The van der Waals surface area contributed by atoms with Gasteiger partial charge in [0, 0.05) is 23.2 Å². The first kappa shape index (κ1) is 27.0. The normalized spacial score (nSPS) is 24.1. The highest BCUT2D eigenvalue weighted by atomic mass is 16.6. The van der Waals surface area contributed by atoms with Gasteiger partial charge < -0.3 is 34.3 Å². The van der Waals surface area contributed by atoms with Crippen molar-refractivity contribution >= 4 is 24.1 Å². The molecule has 11 heteroatoms. The Labute approximate surface area is 216 Å². The summed E-state index contributed by atoms with van der Waals surface area (Å²) in [5.41, 5.74) is 0.895. The van der Waals surface area contributed by atoms with Crippen molar-refractivity contribution in [2.75, 3.05) is 27.4 Å². The summed E-state index contributed by atoms with van der Waals surface area (Å²) in [6, 6.07) is 0.128. The van der Waals surface area contributed by atoms with E-state index in [4.69, 9.17) is 23.7 Å². The molecule has 0 spiro atoms. The van der Waals surface area contributed by atoms with Crippen molar-refractivity contribution in [3.05, 3.63) is 22.3 Å². The Kier molecular flexibility index (Phi) is 9.07. The first-order valence-electron chi connectivity index (χ1n) is 13.1. The smallest absolute Gasteiger partial charge is 0.407 e. The molecular formula is C26H36N2O9. The monoisotopic (exact) mass is 520 g/mol. The molecular weight excluding hydrogens is 484 g/mol. The summed E-state index contributed by atoms with van der Waals surface area (Å²) < 4.78 is 26.7. The predicted octanol–water partition coefficient (Wildman–Crippen LogP) is 2.82. The highest BCUT2D eigenvalue weighted by Crippen LogP contribution is 2.44. The molecule has 2 aliphatic heterocycles. The molecule has 0 aromatic carbocycles. The predicted molar refractivity (Wildman–Crippen MR) is 129 cm³/mol. The molecule has 4 rings (SSSR count). The maximum absolute atomic E-state index is 12.6. The Bertz CT molecular complexity index is 887. The molecule has 2 aliphatic carbocycles. The van der Waals surface area contributed by atoms with Gasteiger partial charge in [-0.25, -0.2) is 19.2 Å². The van der Waals surface area contributed by atoms with Gasteiger partial charge in [-0.3, -0.25) is 0 Å². The van der Waals surface area contributed by atoms with Crippen LogP contribution in [0.25, 0.3) is 0 Å². The van der Waals surface area contributed by atoms with Gasteiger partial charge in [-0.05, 0) is 25.7 Å². The van der Waals surface area contributed by atoms with Crippen LogP contribution >= 0.6 is 0 Å². The fraction of sp³-hybridized carbons (Fsp3) is 0.692. The molecule has 0 unspecified atom stereocenters. The lowest BCUT2D eigenvalue weighted by Gasteiger charge is -2.24. The molecule has 2 heterocycles. The van der Waals surface area contributed by atoms with Gasteiger partial charge in [0.2, 0.25) is 0 Å². The maximum atomic E-state index is 12.6. The molecule has 2 saturated carbocycles. The lowest BCUT2D eigenvalue weighted by atomic mass is 9.86. The van der Waals surface area contributed by atoms with Crippen LogP contribution < -0.4 is 10.6 Å². The fourth-order valence-electron chi connectivity index (χ4n) is 5.59. The Hall–Kier alpha value is -3.08. The van der Waals surface area contributed by atoms with Gasteiger partial charge in [-0.2, -0.15) is 0 Å². The van der Waals surface area contributed by atoms with Crippen LogP contribution in [0, 0.1) is 0 Å². The lowest BCUT2D eigenvalue weighted by Crippen LogP contribution is -2.38. The Morgan fingerprint density at radius 2 is 1.05 bits per heavy atom. The third-order valence-electron chi connectivity index (χ3n) is 7.51. The van der Waals surface area contributed by atoms with E-state index >= 15 is 0 Å². The molecule has 0 radical (unpaired) electrons. The average Bonchev–Trinajstić information content (AvgIpc) is 3.47. The Morgan fingerprint density at radius 3 is 1.41 bits per heavy atom. The zero-order chi connectivity index (χ0) is 26.4. The minimum absolute atomic E-state index is 0.000968. The van der Waals surface area contributed by atoms with Crippen LogP contribution in [0.5, 0.6) is 0 Å². The highest BCUT2D eigenvalue weighted by molar-refractivity contribution is 6.04. The Balaban J connectivity index is 1.48. The van der Waals surface area contributed by atoms with Gasteiger partial charge in [0.05, 0.1) is 25.4 Å². The van der Waals surface area contributed by atoms with Crippen LogP contribution in [0.1, 0.15) is 64.2 Å². The SMILES string of the molecule is COC(=O)C1=C(C(=O)OC)[C@H]2O[C@@H]1C(COC(=O)NC1CCCCC1)=C2COC(=O)NC1CCCCC1. The van der Waals surface area contributed by atoms with E-state index in [-0.39, 0.29) is 36.4 Å². The molecule has 2 bridgehead atoms. The largest absolute Gasteiger partial charge is 0.466 e. The van der Waals surface area contributed by atoms with Crippen molar-refractivity contribution in [3.8, 4) is 0 Å². The number of methoxy groups -OCH3 is 2. The van der Waals surface area contributed by atoms with Crippen molar-refractivity contribution in [2.45, 2.75) is 88.5 Å². The summed E-state index contributed by atoms with van der Waals surface area (Å²) in [4.78, 5) is 50.1. The van der Waals surface area contributed by atoms with Crippen LogP contribution in [0.2, 0.25) is 0 Å². The summed E-state index contributed by atoms with van der Waals surface area (Å²) in [5, 5.41) is 5.76. The van der Waals surface area contributed by atoms with E-state index < -0.39 is 36.3 Å². The Morgan fingerprint density at radius 1 is 0.676 bits per heavy atom. The molecule has 2 atom stereocenters. The van der Waals surface area contributed by atoms with Gasteiger partial charge in [0.1, 0.15) is 25.4 Å². The number of rotatable bonds is 8. The standard InChI is InChI=1S/C26H36N2O9/c1-33-23(29)19-20(24(30)34-2)22-18(14-36-26(32)28-16-11-7-4-8-12-16)17(21(19)37-22)13-35-25(31)27-15-9-5-3-6-10-15/h15-16,21-22H,3-14H2,1-2H3,(H,27,31)(H,28,32)/t21-,22+. The molecule has 0 aromatic rings. The number of nitrogens with one attached hydrogen (secondary N) is 2. The molecule has 0 saturated heterocycles. The van der Waals surface area contributed by atoms with Crippen LogP contribution in [-0.2, 0) is 33.3 Å². The number of hydrogen-bond donors (Lipinski definition) is 2. The summed E-state index contributed by atoms with van der Waals surface area (Å²) in [7, 11) is 2.40. The number of carbonyl (C=O) groups is 4. The van der Waals surface area contributed by atoms with Gasteiger partial charge in [0.15, 0.2) is 0 Å². The number of alkyl carbamates (subject to hydrolysis) is 2. The first-order chi connectivity index (χ1) is 17.9. The second-order valence-electron chi connectivity index (χ2n) is 9.87. The van der Waals surface area contributed by atoms with E-state index in [1.54, 1.807) is 0 Å². The van der Waals surface area contributed by atoms with E-state index in [0.717, 1.165) is 64.2 Å². The number of ether oxygens (including phenoxy) is 5. The molecule has 204 valence electrons. The summed E-state index contributed by atoms with van der Waals surface area (Å²) >= 11 is 0. The van der Waals surface area contributed by atoms with Crippen LogP contribution in [-0.4, -0.2) is 75.9 Å². The van der Waals surface area contributed by atoms with Crippen LogP contribution in [0.4, 0.5) is 9.59 Å². The van der Waals surface area contributed by atoms with E-state index in [9.17, 15) is 19.2 Å². The van der Waals surface area contributed by atoms with Crippen molar-refractivity contribution in [1.29, 1.82) is 0 Å². The molecule has 2 fully saturated rings. The topological polar surface area (TPSA) is 138 Å². The van der Waals surface area contributed by atoms with E-state index in [2.05, 4.69) is 10.6 Å². The average molecular weight is 521 g/mol. The number of hydrogen-bond acceptors (Lipinski definition) is 9. The molecule has 37 heavy (non-hydrogen) atoms. The summed E-state index contributed by atoms with van der Waals surface area (Å²) in [6.07, 6.45) is 7.04.